The summed E-state index contributed by atoms with van der Waals surface area (Å²) in [7, 11) is 1.25. The van der Waals surface area contributed by atoms with Gasteiger partial charge in [-0.15, -0.1) is 22.0 Å². The number of hydrogen-bond donors (Lipinski definition) is 4. The molecule has 2 aromatic heterocycles. The van der Waals surface area contributed by atoms with E-state index in [4.69, 9.17) is 11.5 Å². The minimum Gasteiger partial charge on any atom is -0.477 e. The molecular formula is C15H15N9O5S4. The maximum Gasteiger partial charge on any atom is 0.352 e. The van der Waals surface area contributed by atoms with Gasteiger partial charge in [0.05, 0.1) is 0 Å². The molecule has 2 aliphatic rings. The van der Waals surface area contributed by atoms with Crippen molar-refractivity contribution in [3.8, 4) is 0 Å². The van der Waals surface area contributed by atoms with Crippen molar-refractivity contribution in [3.63, 3.8) is 0 Å². The Kier molecular flexibility index (Phi) is 6.68. The van der Waals surface area contributed by atoms with Gasteiger partial charge in [-0.3, -0.25) is 14.5 Å². The number of fused-ring (bicyclic) bond motifs is 1. The number of thioether (sulfide) groups is 2. The van der Waals surface area contributed by atoms with Gasteiger partial charge in [-0.25, -0.2) is 4.79 Å². The smallest absolute Gasteiger partial charge is 0.352 e. The Hall–Kier alpha value is -2.96. The minimum absolute atomic E-state index is 0.0421. The fourth-order valence-corrected chi connectivity index (χ4v) is 6.59. The number of anilines is 2. The number of nitrogen functional groups attached to an aromatic ring is 2. The van der Waals surface area contributed by atoms with Crippen LogP contribution in [0.2, 0.25) is 0 Å². The number of carboxylic acid groups (broad SMARTS) is 1. The molecule has 1 fully saturated rings. The quantitative estimate of drug-likeness (QED) is 0.146. The third-order valence-corrected chi connectivity index (χ3v) is 8.23. The molecule has 174 valence electrons. The van der Waals surface area contributed by atoms with E-state index in [9.17, 15) is 19.5 Å². The van der Waals surface area contributed by atoms with Crippen LogP contribution < -0.4 is 16.8 Å². The van der Waals surface area contributed by atoms with Crippen LogP contribution in [-0.4, -0.2) is 83.1 Å². The van der Waals surface area contributed by atoms with E-state index in [0.29, 0.717) is 26.6 Å². The van der Waals surface area contributed by atoms with Crippen molar-refractivity contribution in [3.05, 3.63) is 17.1 Å². The number of aliphatic carboxylic acids is 1. The van der Waals surface area contributed by atoms with Gasteiger partial charge < -0.3 is 26.7 Å². The van der Waals surface area contributed by atoms with Crippen LogP contribution >= 0.6 is 46.4 Å². The molecule has 0 bridgehead atoms. The number of rotatable bonds is 8. The van der Waals surface area contributed by atoms with Crippen LogP contribution in [0.4, 0.5) is 10.3 Å². The largest absolute Gasteiger partial charge is 0.477 e. The molecule has 0 radical (unpaired) electrons. The molecular weight excluding hydrogens is 514 g/mol. The normalized spacial score (nSPS) is 20.3. The van der Waals surface area contributed by atoms with Crippen LogP contribution in [0.15, 0.2) is 20.8 Å². The van der Waals surface area contributed by atoms with Crippen molar-refractivity contribution in [2.45, 2.75) is 15.8 Å². The highest BCUT2D eigenvalue weighted by atomic mass is 32.2. The minimum atomic E-state index is -1.23. The van der Waals surface area contributed by atoms with Crippen molar-refractivity contribution >= 4 is 80.2 Å². The summed E-state index contributed by atoms with van der Waals surface area (Å²) in [5, 5.41) is 23.4. The average Bonchev–Trinajstić information content (AvgIpc) is 3.40. The number of nitrogens with two attached hydrogens (primary N) is 2. The standard InChI is InChI=1S/C15H15N9O5S4/c1-29-22-5(8-19-13(16)33-23-8)9(25)18-6-10(26)24-7(12(27)28)4(2-30-11(6)24)3-31-15-21-20-14(17)32-15/h6,11H,2-3H2,1H3,(H2,17,20)(H,18,25)(H,27,28)(H2,16,19,23)/t6?,11-/m1/s1. The van der Waals surface area contributed by atoms with Gasteiger partial charge >= 0.3 is 5.97 Å². The number of aromatic nitrogens is 4. The zero-order chi connectivity index (χ0) is 23.7. The number of carboxylic acids is 1. The van der Waals surface area contributed by atoms with E-state index in [1.165, 1.54) is 46.9 Å². The Bertz CT molecular complexity index is 1180. The molecule has 14 nitrogen and oxygen atoms in total. The third-order valence-electron chi connectivity index (χ3n) is 4.38. The van der Waals surface area contributed by atoms with Gasteiger partial charge in [0.25, 0.3) is 11.8 Å². The number of carbonyl (C=O) groups is 3. The summed E-state index contributed by atoms with van der Waals surface area (Å²) in [6.45, 7) is 0. The van der Waals surface area contributed by atoms with Gasteiger partial charge in [0.1, 0.15) is 24.2 Å². The molecule has 2 aliphatic heterocycles. The first-order valence-electron chi connectivity index (χ1n) is 8.93. The first-order chi connectivity index (χ1) is 15.8. The van der Waals surface area contributed by atoms with Crippen LogP contribution in [0, 0.1) is 0 Å². The summed E-state index contributed by atoms with van der Waals surface area (Å²) in [4.78, 5) is 47.3. The monoisotopic (exact) mass is 529 g/mol. The number of β-lactam (4-membered cyclic amide) rings is 1. The summed E-state index contributed by atoms with van der Waals surface area (Å²) < 4.78 is 4.52. The van der Waals surface area contributed by atoms with Gasteiger partial charge in [0.15, 0.2) is 9.47 Å². The number of hydrogen-bond acceptors (Lipinski definition) is 15. The highest BCUT2D eigenvalue weighted by Gasteiger charge is 2.54. The maximum absolute atomic E-state index is 12.8. The molecule has 1 saturated heterocycles. The zero-order valence-electron chi connectivity index (χ0n) is 16.6. The predicted molar refractivity (Wildman–Crippen MR) is 123 cm³/mol. The van der Waals surface area contributed by atoms with Crippen LogP contribution in [0.5, 0.6) is 0 Å². The molecule has 0 aliphatic carbocycles. The number of oxime groups is 1. The lowest BCUT2D eigenvalue weighted by atomic mass is 10.0. The van der Waals surface area contributed by atoms with Gasteiger partial charge in [-0.1, -0.05) is 28.3 Å². The second kappa shape index (κ2) is 9.49. The van der Waals surface area contributed by atoms with Gasteiger partial charge in [0, 0.05) is 23.0 Å². The van der Waals surface area contributed by atoms with E-state index in [1.54, 1.807) is 0 Å². The Morgan fingerprint density at radius 1 is 1.36 bits per heavy atom. The van der Waals surface area contributed by atoms with E-state index in [-0.39, 0.29) is 22.4 Å². The Balaban J connectivity index is 1.49. The third kappa shape index (κ3) is 4.59. The Morgan fingerprint density at radius 2 is 2.15 bits per heavy atom. The van der Waals surface area contributed by atoms with E-state index in [2.05, 4.69) is 34.9 Å². The van der Waals surface area contributed by atoms with Crippen molar-refractivity contribution < 1.29 is 24.3 Å². The summed E-state index contributed by atoms with van der Waals surface area (Å²) >= 11 is 4.69. The van der Waals surface area contributed by atoms with Crippen molar-refractivity contribution in [2.24, 2.45) is 5.16 Å². The number of amides is 2. The van der Waals surface area contributed by atoms with Gasteiger partial charge in [0.2, 0.25) is 16.7 Å². The average molecular weight is 530 g/mol. The Labute approximate surface area is 202 Å². The SMILES string of the molecule is CON=C(C(=O)NC1C(=O)N2C(C(=O)O)=C(CSc3nnc(N)s3)CS[C@H]12)c1nsc(N)n1. The summed E-state index contributed by atoms with van der Waals surface area (Å²) in [6.07, 6.45) is 0. The van der Waals surface area contributed by atoms with Crippen LogP contribution in [0.3, 0.4) is 0 Å². The first kappa shape index (κ1) is 23.2. The number of carbonyl (C=O) groups excluding carboxylic acids is 2. The molecule has 0 spiro atoms. The number of nitrogens with zero attached hydrogens (tertiary/aromatic N) is 6. The zero-order valence-corrected chi connectivity index (χ0v) is 19.9. The van der Waals surface area contributed by atoms with Crippen LogP contribution in [-0.2, 0) is 19.2 Å². The van der Waals surface area contributed by atoms with E-state index < -0.39 is 29.2 Å². The molecule has 2 aromatic rings. The highest BCUT2D eigenvalue weighted by molar-refractivity contribution is 8.01. The topological polar surface area (TPSA) is 212 Å². The lowest BCUT2D eigenvalue weighted by molar-refractivity contribution is -0.150. The first-order valence-corrected chi connectivity index (χ1v) is 12.6. The fraction of sp³-hybridized carbons (Fsp3) is 0.333. The fourth-order valence-electron chi connectivity index (χ4n) is 3.04. The molecule has 6 N–H and O–H groups in total. The molecule has 0 saturated carbocycles. The molecule has 0 aromatic carbocycles. The van der Waals surface area contributed by atoms with Crippen molar-refractivity contribution in [1.82, 2.24) is 29.8 Å². The van der Waals surface area contributed by atoms with Crippen molar-refractivity contribution in [2.75, 3.05) is 30.1 Å². The summed E-state index contributed by atoms with van der Waals surface area (Å²) in [5.41, 5.74) is 11.3. The molecule has 33 heavy (non-hydrogen) atoms. The van der Waals surface area contributed by atoms with Gasteiger partial charge in [-0.2, -0.15) is 9.36 Å². The molecule has 2 amide bonds. The highest BCUT2D eigenvalue weighted by Crippen LogP contribution is 2.41. The molecule has 4 rings (SSSR count). The second-order valence-corrected chi connectivity index (χ2v) is 10.5. The summed E-state index contributed by atoms with van der Waals surface area (Å²) in [5.74, 6) is -1.91. The van der Waals surface area contributed by atoms with Crippen LogP contribution in [0.25, 0.3) is 0 Å². The predicted octanol–water partition coefficient (Wildman–Crippen LogP) is -0.565. The lowest BCUT2D eigenvalue weighted by Gasteiger charge is -2.49. The number of nitrogens with one attached hydrogen (secondary N) is 1. The second-order valence-electron chi connectivity index (χ2n) is 6.39. The van der Waals surface area contributed by atoms with E-state index in [1.807, 2.05) is 0 Å². The molecule has 2 atom stereocenters. The molecule has 18 heteroatoms. The Morgan fingerprint density at radius 3 is 2.76 bits per heavy atom. The molecule has 1 unspecified atom stereocenters. The van der Waals surface area contributed by atoms with Crippen molar-refractivity contribution in [1.29, 1.82) is 0 Å². The van der Waals surface area contributed by atoms with E-state index >= 15 is 0 Å². The van der Waals surface area contributed by atoms with E-state index in [0.717, 1.165) is 11.5 Å². The maximum atomic E-state index is 12.8. The van der Waals surface area contributed by atoms with Gasteiger partial charge in [-0.05, 0) is 5.57 Å². The summed E-state index contributed by atoms with van der Waals surface area (Å²) in [6, 6.07) is -0.952. The molecule has 4 heterocycles. The lowest BCUT2D eigenvalue weighted by Crippen LogP contribution is -2.71. The van der Waals surface area contributed by atoms with Crippen LogP contribution in [0.1, 0.15) is 5.82 Å².